The summed E-state index contributed by atoms with van der Waals surface area (Å²) in [5.74, 6) is -0.104. The third kappa shape index (κ3) is 1.04. The highest BCUT2D eigenvalue weighted by Crippen LogP contribution is 2.34. The van der Waals surface area contributed by atoms with Gasteiger partial charge in [0.25, 0.3) is 0 Å². The molecule has 1 aromatic carbocycles. The Labute approximate surface area is 76.9 Å². The maximum Gasteiger partial charge on any atom is 0.245 e. The number of hydrogen-bond acceptors (Lipinski definition) is 2. The first kappa shape index (κ1) is 8.26. The zero-order valence-corrected chi connectivity index (χ0v) is 7.72. The van der Waals surface area contributed by atoms with Crippen molar-refractivity contribution >= 4 is 11.6 Å². The number of fused-ring (bicyclic) bond motifs is 1. The Hall–Kier alpha value is -1.35. The van der Waals surface area contributed by atoms with Gasteiger partial charge in [-0.05, 0) is 25.0 Å². The number of rotatable bonds is 0. The van der Waals surface area contributed by atoms with Gasteiger partial charge in [0.15, 0.2) is 0 Å². The smallest absolute Gasteiger partial charge is 0.245 e. The first-order chi connectivity index (χ1) is 6.11. The average molecular weight is 176 g/mol. The molecule has 1 heterocycles. The van der Waals surface area contributed by atoms with E-state index in [1.165, 1.54) is 0 Å². The predicted octanol–water partition coefficient (Wildman–Crippen LogP) is 1.26. The predicted molar refractivity (Wildman–Crippen MR) is 51.5 cm³/mol. The van der Waals surface area contributed by atoms with E-state index in [0.717, 1.165) is 22.4 Å². The lowest BCUT2D eigenvalue weighted by atomic mass is 10.00. The van der Waals surface area contributed by atoms with E-state index in [9.17, 15) is 4.79 Å². The van der Waals surface area contributed by atoms with Crippen molar-refractivity contribution in [3.63, 3.8) is 0 Å². The van der Waals surface area contributed by atoms with Crippen LogP contribution in [0.2, 0.25) is 0 Å². The number of benzene rings is 1. The fourth-order valence-electron chi connectivity index (χ4n) is 1.73. The molecular weight excluding hydrogens is 164 g/mol. The van der Waals surface area contributed by atoms with Crippen LogP contribution >= 0.6 is 0 Å². The molecule has 0 fully saturated rings. The van der Waals surface area contributed by atoms with Crippen LogP contribution in [0.15, 0.2) is 12.1 Å². The van der Waals surface area contributed by atoms with Crippen molar-refractivity contribution in [3.05, 3.63) is 28.8 Å². The van der Waals surface area contributed by atoms with Gasteiger partial charge in [0.1, 0.15) is 6.04 Å². The second-order valence-electron chi connectivity index (χ2n) is 3.45. The number of carbonyl (C=O) groups is 1. The Morgan fingerprint density at radius 1 is 1.31 bits per heavy atom. The molecule has 0 saturated heterocycles. The van der Waals surface area contributed by atoms with Gasteiger partial charge in [-0.15, -0.1) is 0 Å². The molecule has 0 aromatic heterocycles. The first-order valence-electron chi connectivity index (χ1n) is 4.28. The maximum atomic E-state index is 11.3. The van der Waals surface area contributed by atoms with Crippen molar-refractivity contribution in [1.82, 2.24) is 0 Å². The van der Waals surface area contributed by atoms with Crippen LogP contribution in [0.3, 0.4) is 0 Å². The van der Waals surface area contributed by atoms with Gasteiger partial charge in [-0.3, -0.25) is 4.79 Å². The number of anilines is 1. The van der Waals surface area contributed by atoms with Gasteiger partial charge < -0.3 is 11.1 Å². The number of nitrogens with two attached hydrogens (primary N) is 1. The molecule has 1 aromatic rings. The second kappa shape index (κ2) is 2.57. The van der Waals surface area contributed by atoms with Gasteiger partial charge >= 0.3 is 0 Å². The Morgan fingerprint density at radius 3 is 2.54 bits per heavy atom. The van der Waals surface area contributed by atoms with Gasteiger partial charge in [0, 0.05) is 11.3 Å². The number of carbonyl (C=O) groups excluding carboxylic acids is 1. The largest absolute Gasteiger partial charge is 0.324 e. The molecule has 1 aliphatic heterocycles. The van der Waals surface area contributed by atoms with Crippen molar-refractivity contribution in [3.8, 4) is 0 Å². The quantitative estimate of drug-likeness (QED) is 0.625. The molecule has 1 amide bonds. The average Bonchev–Trinajstić information content (AvgIpc) is 2.38. The van der Waals surface area contributed by atoms with Crippen LogP contribution in [0.25, 0.3) is 0 Å². The molecule has 3 nitrogen and oxygen atoms in total. The van der Waals surface area contributed by atoms with E-state index >= 15 is 0 Å². The molecule has 3 heteroatoms. The highest BCUT2D eigenvalue weighted by Gasteiger charge is 2.29. The molecule has 1 unspecified atom stereocenters. The lowest BCUT2D eigenvalue weighted by Gasteiger charge is -2.07. The third-order valence-electron chi connectivity index (χ3n) is 2.51. The molecule has 13 heavy (non-hydrogen) atoms. The number of aryl methyl sites for hydroxylation is 2. The topological polar surface area (TPSA) is 55.1 Å². The van der Waals surface area contributed by atoms with Gasteiger partial charge in [0.05, 0.1) is 0 Å². The van der Waals surface area contributed by atoms with Crippen LogP contribution in [0.1, 0.15) is 22.7 Å². The summed E-state index contributed by atoms with van der Waals surface area (Å²) in [5, 5.41) is 2.79. The zero-order chi connectivity index (χ0) is 9.59. The van der Waals surface area contributed by atoms with Crippen LogP contribution in [-0.4, -0.2) is 5.91 Å². The molecule has 1 atom stereocenters. The lowest BCUT2D eigenvalue weighted by Crippen LogP contribution is -2.20. The van der Waals surface area contributed by atoms with Crippen molar-refractivity contribution in [2.75, 3.05) is 5.32 Å². The Kier molecular flexibility index (Phi) is 1.63. The van der Waals surface area contributed by atoms with Crippen molar-refractivity contribution in [2.24, 2.45) is 5.73 Å². The Bertz CT molecular complexity index is 385. The van der Waals surface area contributed by atoms with Crippen LogP contribution in [0.5, 0.6) is 0 Å². The Morgan fingerprint density at radius 2 is 1.92 bits per heavy atom. The number of amides is 1. The normalized spacial score (nSPS) is 19.9. The third-order valence-corrected chi connectivity index (χ3v) is 2.51. The molecule has 3 N–H and O–H groups in total. The van der Waals surface area contributed by atoms with Crippen molar-refractivity contribution in [2.45, 2.75) is 19.9 Å². The molecule has 68 valence electrons. The van der Waals surface area contributed by atoms with E-state index in [-0.39, 0.29) is 5.91 Å². The van der Waals surface area contributed by atoms with Gasteiger partial charge in [-0.1, -0.05) is 12.1 Å². The summed E-state index contributed by atoms with van der Waals surface area (Å²) in [4.78, 5) is 11.3. The van der Waals surface area contributed by atoms with Crippen LogP contribution in [-0.2, 0) is 4.79 Å². The number of hydrogen-bond donors (Lipinski definition) is 2. The molecule has 0 saturated carbocycles. The maximum absolute atomic E-state index is 11.3. The molecule has 2 rings (SSSR count). The summed E-state index contributed by atoms with van der Waals surface area (Å²) in [6.07, 6.45) is 0. The van der Waals surface area contributed by atoms with Gasteiger partial charge in [-0.2, -0.15) is 0 Å². The standard InChI is InChI=1S/C10H12N2O/c1-5-3-4-6(2)9-7(5)8(11)10(13)12-9/h3-4,8H,11H2,1-2H3,(H,12,13). The highest BCUT2D eigenvalue weighted by molar-refractivity contribution is 6.03. The van der Waals surface area contributed by atoms with E-state index in [0.29, 0.717) is 0 Å². The van der Waals surface area contributed by atoms with Crippen molar-refractivity contribution in [1.29, 1.82) is 0 Å². The van der Waals surface area contributed by atoms with E-state index in [2.05, 4.69) is 5.32 Å². The van der Waals surface area contributed by atoms with E-state index in [4.69, 9.17) is 5.73 Å². The second-order valence-corrected chi connectivity index (χ2v) is 3.45. The minimum atomic E-state index is -0.491. The fraction of sp³-hybridized carbons (Fsp3) is 0.300. The van der Waals surface area contributed by atoms with E-state index in [1.807, 2.05) is 26.0 Å². The minimum absolute atomic E-state index is 0.104. The molecule has 0 spiro atoms. The fourth-order valence-corrected chi connectivity index (χ4v) is 1.73. The van der Waals surface area contributed by atoms with Crippen LogP contribution < -0.4 is 11.1 Å². The summed E-state index contributed by atoms with van der Waals surface area (Å²) in [7, 11) is 0. The molecule has 0 bridgehead atoms. The summed E-state index contributed by atoms with van der Waals surface area (Å²) >= 11 is 0. The molecule has 0 radical (unpaired) electrons. The monoisotopic (exact) mass is 176 g/mol. The van der Waals surface area contributed by atoms with E-state index < -0.39 is 6.04 Å². The van der Waals surface area contributed by atoms with Crippen LogP contribution in [0, 0.1) is 13.8 Å². The SMILES string of the molecule is Cc1ccc(C)c2c1NC(=O)C2N. The van der Waals surface area contributed by atoms with Crippen LogP contribution in [0.4, 0.5) is 5.69 Å². The highest BCUT2D eigenvalue weighted by atomic mass is 16.2. The van der Waals surface area contributed by atoms with Crippen molar-refractivity contribution < 1.29 is 4.79 Å². The minimum Gasteiger partial charge on any atom is -0.324 e. The summed E-state index contributed by atoms with van der Waals surface area (Å²) in [5.41, 5.74) is 9.74. The summed E-state index contributed by atoms with van der Waals surface area (Å²) in [6, 6.07) is 3.50. The molecule has 0 aliphatic carbocycles. The van der Waals surface area contributed by atoms with E-state index in [1.54, 1.807) is 0 Å². The lowest BCUT2D eigenvalue weighted by molar-refractivity contribution is -0.116. The van der Waals surface area contributed by atoms with Gasteiger partial charge in [-0.25, -0.2) is 0 Å². The van der Waals surface area contributed by atoms with Gasteiger partial charge in [0.2, 0.25) is 5.91 Å². The Balaban J connectivity index is 2.68. The molecule has 1 aliphatic rings. The summed E-state index contributed by atoms with van der Waals surface area (Å²) < 4.78 is 0. The zero-order valence-electron chi connectivity index (χ0n) is 7.72. The summed E-state index contributed by atoms with van der Waals surface area (Å²) in [6.45, 7) is 3.94. The number of nitrogens with one attached hydrogen (secondary N) is 1. The first-order valence-corrected chi connectivity index (χ1v) is 4.28. The molecular formula is C10H12N2O.